The molecule has 0 saturated carbocycles. The fourth-order valence-corrected chi connectivity index (χ4v) is 4.13. The number of hydrogen-bond donors (Lipinski definition) is 1. The summed E-state index contributed by atoms with van der Waals surface area (Å²) in [5.41, 5.74) is 3.99. The Morgan fingerprint density at radius 3 is 2.66 bits per heavy atom. The third-order valence-corrected chi connectivity index (χ3v) is 5.80. The van der Waals surface area contributed by atoms with E-state index in [0.29, 0.717) is 16.5 Å². The Morgan fingerprint density at radius 2 is 1.84 bits per heavy atom. The van der Waals surface area contributed by atoms with Crippen LogP contribution in [0.15, 0.2) is 72.8 Å². The molecule has 0 bridgehead atoms. The van der Waals surface area contributed by atoms with Crippen molar-refractivity contribution in [2.45, 2.75) is 19.6 Å². The minimum Gasteiger partial charge on any atom is -0.484 e. The van der Waals surface area contributed by atoms with E-state index in [0.717, 1.165) is 43.0 Å². The lowest BCUT2D eigenvalue weighted by atomic mass is 10.2. The number of carbonyl (C=O) groups excluding carboxylic acids is 1. The molecule has 4 aromatic rings. The fourth-order valence-electron chi connectivity index (χ4n) is 4.00. The number of nitrogens with one attached hydrogen (secondary N) is 1. The lowest BCUT2D eigenvalue weighted by molar-refractivity contribution is -0.118. The first kappa shape index (κ1) is 20.5. The second-order valence-electron chi connectivity index (χ2n) is 7.87. The molecule has 7 heteroatoms. The van der Waals surface area contributed by atoms with Crippen molar-refractivity contribution in [1.82, 2.24) is 14.5 Å². The van der Waals surface area contributed by atoms with Crippen molar-refractivity contribution in [3.8, 4) is 5.75 Å². The summed E-state index contributed by atoms with van der Waals surface area (Å²) in [6.45, 7) is 3.53. The Bertz CT molecular complexity index is 1240. The molecule has 162 valence electrons. The van der Waals surface area contributed by atoms with Crippen LogP contribution < -0.4 is 10.1 Å². The van der Waals surface area contributed by atoms with E-state index in [1.807, 2.05) is 24.3 Å². The number of benzene rings is 3. The zero-order chi connectivity index (χ0) is 21.9. The van der Waals surface area contributed by atoms with Crippen LogP contribution in [0.25, 0.3) is 11.0 Å². The maximum atomic E-state index is 12.3. The number of amides is 1. The largest absolute Gasteiger partial charge is 0.484 e. The summed E-state index contributed by atoms with van der Waals surface area (Å²) in [7, 11) is 0. The van der Waals surface area contributed by atoms with E-state index < -0.39 is 0 Å². The first-order valence-electron chi connectivity index (χ1n) is 10.6. The van der Waals surface area contributed by atoms with E-state index in [1.165, 1.54) is 5.56 Å². The van der Waals surface area contributed by atoms with Crippen LogP contribution in [0.5, 0.6) is 5.75 Å². The molecule has 0 spiro atoms. The van der Waals surface area contributed by atoms with Gasteiger partial charge in [0.1, 0.15) is 11.6 Å². The maximum Gasteiger partial charge on any atom is 0.262 e. The molecule has 3 aromatic carbocycles. The van der Waals surface area contributed by atoms with Crippen molar-refractivity contribution in [2.24, 2.45) is 0 Å². The lowest BCUT2D eigenvalue weighted by Crippen LogP contribution is -2.33. The summed E-state index contributed by atoms with van der Waals surface area (Å²) in [6.07, 6.45) is 0. The standard InChI is InChI=1S/C25H23ClN4O2/c26-19-6-9-21(10-7-19)32-17-25(31)27-20-8-11-23-22(14-20)28-24-16-29(12-13-30(23)24)15-18-4-2-1-3-5-18/h1-11,14H,12-13,15-17H2,(H,27,31). The molecule has 1 amide bonds. The zero-order valence-electron chi connectivity index (χ0n) is 17.5. The van der Waals surface area contributed by atoms with E-state index in [1.54, 1.807) is 24.3 Å². The normalized spacial score (nSPS) is 13.7. The fraction of sp³-hybridized carbons (Fsp3) is 0.200. The molecular weight excluding hydrogens is 424 g/mol. The summed E-state index contributed by atoms with van der Waals surface area (Å²) < 4.78 is 7.78. The number of halogens is 1. The first-order valence-corrected chi connectivity index (χ1v) is 11.0. The van der Waals surface area contributed by atoms with Crippen molar-refractivity contribution in [3.63, 3.8) is 0 Å². The Morgan fingerprint density at radius 1 is 1.03 bits per heavy atom. The van der Waals surface area contributed by atoms with Crippen LogP contribution in [-0.4, -0.2) is 33.5 Å². The Kier molecular flexibility index (Phi) is 5.79. The van der Waals surface area contributed by atoms with Crippen molar-refractivity contribution < 1.29 is 9.53 Å². The number of nitrogens with zero attached hydrogens (tertiary/aromatic N) is 3. The minimum absolute atomic E-state index is 0.0756. The van der Waals surface area contributed by atoms with Gasteiger partial charge in [0.15, 0.2) is 6.61 Å². The van der Waals surface area contributed by atoms with Gasteiger partial charge < -0.3 is 14.6 Å². The van der Waals surface area contributed by atoms with Gasteiger partial charge in [-0.15, -0.1) is 0 Å². The molecule has 1 aliphatic heterocycles. The highest BCUT2D eigenvalue weighted by Gasteiger charge is 2.20. The van der Waals surface area contributed by atoms with Crippen LogP contribution in [0.4, 0.5) is 5.69 Å². The molecule has 0 atom stereocenters. The van der Waals surface area contributed by atoms with Gasteiger partial charge in [0.2, 0.25) is 0 Å². The van der Waals surface area contributed by atoms with Gasteiger partial charge in [0, 0.05) is 30.3 Å². The minimum atomic E-state index is -0.225. The maximum absolute atomic E-state index is 12.3. The molecule has 1 aliphatic rings. The van der Waals surface area contributed by atoms with Gasteiger partial charge >= 0.3 is 0 Å². The van der Waals surface area contributed by atoms with Gasteiger partial charge in [-0.3, -0.25) is 9.69 Å². The van der Waals surface area contributed by atoms with Crippen molar-refractivity contribution in [3.05, 3.63) is 89.2 Å². The summed E-state index contributed by atoms with van der Waals surface area (Å²) in [6, 6.07) is 23.3. The number of anilines is 1. The van der Waals surface area contributed by atoms with Crippen LogP contribution in [-0.2, 0) is 24.4 Å². The Balaban J connectivity index is 1.24. The smallest absolute Gasteiger partial charge is 0.262 e. The summed E-state index contributed by atoms with van der Waals surface area (Å²) in [5, 5.41) is 3.51. The average Bonchev–Trinajstić information content (AvgIpc) is 3.16. The summed E-state index contributed by atoms with van der Waals surface area (Å²) in [5.74, 6) is 1.43. The highest BCUT2D eigenvalue weighted by molar-refractivity contribution is 6.30. The number of rotatable bonds is 6. The number of ether oxygens (including phenoxy) is 1. The van der Waals surface area contributed by atoms with Crippen LogP contribution in [0.3, 0.4) is 0 Å². The molecule has 32 heavy (non-hydrogen) atoms. The van der Waals surface area contributed by atoms with Crippen LogP contribution in [0.2, 0.25) is 5.02 Å². The summed E-state index contributed by atoms with van der Waals surface area (Å²) in [4.78, 5) is 19.6. The topological polar surface area (TPSA) is 59.4 Å². The predicted octanol–water partition coefficient (Wildman–Crippen LogP) is 4.72. The zero-order valence-corrected chi connectivity index (χ0v) is 18.3. The second kappa shape index (κ2) is 9.02. The van der Waals surface area contributed by atoms with Crippen molar-refractivity contribution in [1.29, 1.82) is 0 Å². The van der Waals surface area contributed by atoms with Gasteiger partial charge in [-0.05, 0) is 48.0 Å². The number of fused-ring (bicyclic) bond motifs is 3. The first-order chi connectivity index (χ1) is 15.6. The van der Waals surface area contributed by atoms with E-state index in [-0.39, 0.29) is 12.5 Å². The lowest BCUT2D eigenvalue weighted by Gasteiger charge is -2.27. The molecule has 0 aliphatic carbocycles. The monoisotopic (exact) mass is 446 g/mol. The SMILES string of the molecule is O=C(COc1ccc(Cl)cc1)Nc1ccc2c(c1)nc1n2CCN(Cc2ccccc2)C1. The number of carbonyl (C=O) groups is 1. The Hall–Kier alpha value is -3.35. The predicted molar refractivity (Wildman–Crippen MR) is 126 cm³/mol. The van der Waals surface area contributed by atoms with Crippen molar-refractivity contribution >= 4 is 34.2 Å². The van der Waals surface area contributed by atoms with Gasteiger partial charge in [-0.1, -0.05) is 41.9 Å². The van der Waals surface area contributed by atoms with Crippen molar-refractivity contribution in [2.75, 3.05) is 18.5 Å². The van der Waals surface area contributed by atoms with Gasteiger partial charge in [-0.25, -0.2) is 4.98 Å². The molecule has 1 N–H and O–H groups in total. The van der Waals surface area contributed by atoms with Gasteiger partial charge in [0.25, 0.3) is 5.91 Å². The average molecular weight is 447 g/mol. The van der Waals surface area contributed by atoms with E-state index in [2.05, 4.69) is 39.0 Å². The molecule has 2 heterocycles. The molecule has 6 nitrogen and oxygen atoms in total. The number of imidazole rings is 1. The van der Waals surface area contributed by atoms with E-state index in [9.17, 15) is 4.79 Å². The molecule has 0 unspecified atom stereocenters. The molecular formula is C25H23ClN4O2. The quantitative estimate of drug-likeness (QED) is 0.465. The molecule has 5 rings (SSSR count). The molecule has 0 fully saturated rings. The second-order valence-corrected chi connectivity index (χ2v) is 8.31. The van der Waals surface area contributed by atoms with Crippen LogP contribution >= 0.6 is 11.6 Å². The van der Waals surface area contributed by atoms with Crippen LogP contribution in [0, 0.1) is 0 Å². The Labute approximate surface area is 191 Å². The molecule has 0 radical (unpaired) electrons. The third-order valence-electron chi connectivity index (χ3n) is 5.55. The van der Waals surface area contributed by atoms with Crippen LogP contribution in [0.1, 0.15) is 11.4 Å². The molecule has 0 saturated heterocycles. The third kappa shape index (κ3) is 4.61. The number of aromatic nitrogens is 2. The van der Waals surface area contributed by atoms with Gasteiger partial charge in [0.05, 0.1) is 17.6 Å². The van der Waals surface area contributed by atoms with E-state index >= 15 is 0 Å². The molecule has 1 aromatic heterocycles. The number of hydrogen-bond acceptors (Lipinski definition) is 4. The van der Waals surface area contributed by atoms with Gasteiger partial charge in [-0.2, -0.15) is 0 Å². The van der Waals surface area contributed by atoms with E-state index in [4.69, 9.17) is 21.3 Å². The highest BCUT2D eigenvalue weighted by Crippen LogP contribution is 2.24. The highest BCUT2D eigenvalue weighted by atomic mass is 35.5. The summed E-state index contributed by atoms with van der Waals surface area (Å²) >= 11 is 5.87.